The molecule has 0 spiro atoms. The molecule has 4 aliphatic rings. The third-order valence-corrected chi connectivity index (χ3v) is 35.3. The van der Waals surface area contributed by atoms with Crippen LogP contribution in [0.3, 0.4) is 0 Å². The molecule has 0 N–H and O–H groups in total. The first-order valence-electron chi connectivity index (χ1n) is 45.8. The van der Waals surface area contributed by atoms with Crippen LogP contribution >= 0.6 is 68.0 Å². The van der Waals surface area contributed by atoms with Crippen molar-refractivity contribution in [3.05, 3.63) is 200 Å². The number of hydrogen-bond donors (Lipinski definition) is 0. The molecule has 6 aromatic heterocycles. The highest BCUT2D eigenvalue weighted by Gasteiger charge is 2.45. The SMILES string of the molecule is CCCCC(CC)Cc1ccc(-c2c3cc(-c4ccc(-c5cc6c7ccc8c9c(ccc(c%10ccc%11c(c5C(=O)N(C(CCC)CCC)C%11=O)c%106)c97)C(=O)N(CC)C8=O)s4)sc3c(-c3ccc(CC(CC)CCCC)s3)c3cc(-c4ccc(-c5cc6c7ccc8c9c(ccc(c%10ccc%11c(c5C(=O)N(C(CCC)CCC)C%11=O)c%106)c97)C(=O)N(CC)C8=O)s4)sc23)s1. The van der Waals surface area contributed by atoms with E-state index in [0.29, 0.717) is 104 Å². The maximum atomic E-state index is 16.2. The molecule has 0 radical (unpaired) electrons. The zero-order valence-corrected chi connectivity index (χ0v) is 77.7. The Morgan fingerprint density at radius 2 is 0.563 bits per heavy atom. The Labute approximate surface area is 756 Å². The van der Waals surface area contributed by atoms with Crippen LogP contribution in [-0.4, -0.2) is 92.0 Å². The molecule has 17 aromatic rings. The van der Waals surface area contributed by atoms with Crippen LogP contribution in [0.5, 0.6) is 0 Å². The van der Waals surface area contributed by atoms with Crippen molar-refractivity contribution in [2.75, 3.05) is 13.1 Å². The Morgan fingerprint density at radius 3 is 0.889 bits per heavy atom. The second-order valence-corrected chi connectivity index (χ2v) is 42.0. The first-order valence-corrected chi connectivity index (χ1v) is 50.7. The van der Waals surface area contributed by atoms with Crippen LogP contribution < -0.4 is 0 Å². The second-order valence-electron chi connectivity index (χ2n) is 35.3. The number of amides is 8. The van der Waals surface area contributed by atoms with Crippen LogP contribution in [0.4, 0.5) is 0 Å². The van der Waals surface area contributed by atoms with Crippen LogP contribution in [0.15, 0.2) is 146 Å². The van der Waals surface area contributed by atoms with Gasteiger partial charge in [0, 0.05) is 171 Å². The van der Waals surface area contributed by atoms with Crippen molar-refractivity contribution in [1.82, 2.24) is 19.6 Å². The third kappa shape index (κ3) is 12.4. The van der Waals surface area contributed by atoms with Gasteiger partial charge in [0.25, 0.3) is 47.3 Å². The largest absolute Gasteiger partial charge is 0.275 e. The van der Waals surface area contributed by atoms with E-state index < -0.39 is 0 Å². The van der Waals surface area contributed by atoms with E-state index in [-0.39, 0.29) is 72.4 Å². The summed E-state index contributed by atoms with van der Waals surface area (Å²) in [6.07, 6.45) is 17.2. The van der Waals surface area contributed by atoms with Crippen LogP contribution in [0.25, 0.3) is 168 Å². The molecule has 0 aliphatic carbocycles. The highest BCUT2D eigenvalue weighted by atomic mass is 32.1. The lowest BCUT2D eigenvalue weighted by Crippen LogP contribution is -2.47. The highest BCUT2D eigenvalue weighted by molar-refractivity contribution is 7.30. The Morgan fingerprint density at radius 1 is 0.246 bits per heavy atom. The van der Waals surface area contributed by atoms with E-state index in [2.05, 4.69) is 128 Å². The minimum absolute atomic E-state index is 0.243. The van der Waals surface area contributed by atoms with Gasteiger partial charge in [-0.1, -0.05) is 169 Å². The predicted molar refractivity (Wildman–Crippen MR) is 528 cm³/mol. The number of rotatable bonds is 30. The van der Waals surface area contributed by atoms with E-state index in [1.54, 1.807) is 32.5 Å². The molecule has 18 heteroatoms. The zero-order valence-electron chi connectivity index (χ0n) is 72.8. The number of nitrogens with zero attached hydrogens (tertiary/aromatic N) is 4. The Kier molecular flexibility index (Phi) is 21.1. The molecule has 126 heavy (non-hydrogen) atoms. The number of benzene rings is 11. The number of hydrogen-bond acceptors (Lipinski definition) is 14. The topological polar surface area (TPSA) is 150 Å². The molecule has 21 rings (SSSR count). The molecule has 2 unspecified atom stereocenters. The summed E-state index contributed by atoms with van der Waals surface area (Å²) in [5, 5.41) is 15.0. The number of imide groups is 4. The second kappa shape index (κ2) is 32.2. The Bertz CT molecular complexity index is 6970. The van der Waals surface area contributed by atoms with Crippen molar-refractivity contribution >= 4 is 222 Å². The van der Waals surface area contributed by atoms with Crippen LogP contribution in [0.2, 0.25) is 0 Å². The van der Waals surface area contributed by atoms with Gasteiger partial charge in [0.1, 0.15) is 0 Å². The van der Waals surface area contributed by atoms with Gasteiger partial charge in [-0.3, -0.25) is 58.0 Å². The minimum atomic E-state index is -0.321. The summed E-state index contributed by atoms with van der Waals surface area (Å²) in [5.74, 6) is -1.31. The Hall–Kier alpha value is -10.7. The fraction of sp³-hybridized carbons (Fsp3) is 0.315. The Balaban J connectivity index is 0.779. The number of fused-ring (bicyclic) bond motifs is 6. The highest BCUT2D eigenvalue weighted by Crippen LogP contribution is 2.59. The lowest BCUT2D eigenvalue weighted by molar-refractivity contribution is 0.0505. The summed E-state index contributed by atoms with van der Waals surface area (Å²) in [4.78, 5) is 138. The van der Waals surface area contributed by atoms with Crippen molar-refractivity contribution in [2.24, 2.45) is 11.8 Å². The van der Waals surface area contributed by atoms with Crippen molar-refractivity contribution in [1.29, 1.82) is 0 Å². The lowest BCUT2D eigenvalue weighted by Gasteiger charge is -2.35. The van der Waals surface area contributed by atoms with Gasteiger partial charge >= 0.3 is 0 Å². The number of thiophene rings is 6. The standard InChI is InChI=1S/C108H98N4O8S6/c1-11-21-27-55(17-7)49-59-29-43-83(121-59)93-77-53-85(81-47-45-79(123-81)75-51-73-65-35-39-69-91-67(101(113)109(19-9)103(69)115)37-31-61(87(65)91)63-33-41-71-95(89(63)73)97(75)107(119)111(105(71)117)57(23-13-3)24-14-4)126-100(77)94(84-44-30-60(122-84)50-56(18-8)28-22-12-2)78-54-86(125-99(78)93)82-48-46-80(124-82)76-52-74-66-36-40-70-92-68(102(114)110(20-10)104(70)116)38-32-62(88(66)92)64-34-42-72-96(90(64)74)98(76)108(120)112(106(72)118)58(25-15-5)26-16-6/h29-48,51-58H,11-28,49-50H2,1-10H3. The van der Waals surface area contributed by atoms with Gasteiger partial charge in [0.15, 0.2) is 0 Å². The summed E-state index contributed by atoms with van der Waals surface area (Å²) < 4.78 is 2.38. The van der Waals surface area contributed by atoms with E-state index >= 15 is 19.2 Å². The third-order valence-electron chi connectivity index (χ3n) is 28.1. The maximum Gasteiger partial charge on any atom is 0.262 e. The predicted octanol–water partition coefficient (Wildman–Crippen LogP) is 30.3. The van der Waals surface area contributed by atoms with Crippen molar-refractivity contribution in [3.8, 4) is 61.3 Å². The first kappa shape index (κ1) is 82.3. The minimum Gasteiger partial charge on any atom is -0.275 e. The molecule has 0 saturated carbocycles. The molecular formula is C108H98N4O8S6. The summed E-state index contributed by atoms with van der Waals surface area (Å²) in [7, 11) is 0. The summed E-state index contributed by atoms with van der Waals surface area (Å²) in [6.45, 7) is 21.8. The molecule has 8 amide bonds. The average molecular weight is 1770 g/mol. The maximum absolute atomic E-state index is 16.2. The number of carbonyl (C=O) groups is 8. The summed E-state index contributed by atoms with van der Waals surface area (Å²) >= 11 is 10.8. The van der Waals surface area contributed by atoms with Gasteiger partial charge in [-0.2, -0.15) is 0 Å². The number of unbranched alkanes of at least 4 members (excludes halogenated alkanes) is 2. The van der Waals surface area contributed by atoms with Crippen molar-refractivity contribution in [3.63, 3.8) is 0 Å². The average Bonchev–Trinajstić information content (AvgIpc) is 0.786. The fourth-order valence-electron chi connectivity index (χ4n) is 22.1. The molecule has 12 nitrogen and oxygen atoms in total. The summed E-state index contributed by atoms with van der Waals surface area (Å²) in [5.41, 5.74) is 7.83. The first-order chi connectivity index (χ1) is 61.4. The van der Waals surface area contributed by atoms with Crippen LogP contribution in [0.1, 0.15) is 265 Å². The van der Waals surface area contributed by atoms with E-state index in [9.17, 15) is 19.2 Å². The van der Waals surface area contributed by atoms with Crippen molar-refractivity contribution < 1.29 is 38.4 Å². The smallest absolute Gasteiger partial charge is 0.262 e. The molecule has 0 saturated heterocycles. The summed E-state index contributed by atoms with van der Waals surface area (Å²) in [6, 6.07) is 50.2. The molecule has 2 atom stereocenters. The molecular weight excluding hydrogens is 1670 g/mol. The lowest BCUT2D eigenvalue weighted by atomic mass is 9.80. The monoisotopic (exact) mass is 1770 g/mol. The van der Waals surface area contributed by atoms with E-state index in [4.69, 9.17) is 0 Å². The van der Waals surface area contributed by atoms with Crippen LogP contribution in [-0.2, 0) is 12.8 Å². The number of carbonyl (C=O) groups excluding carboxylic acids is 8. The van der Waals surface area contributed by atoms with Gasteiger partial charge in [0.05, 0.1) is 11.1 Å². The fourth-order valence-corrected chi connectivity index (χ4v) is 29.3. The zero-order chi connectivity index (χ0) is 86.8. The quantitative estimate of drug-likeness (QED) is 0.0245. The normalized spacial score (nSPS) is 14.9. The van der Waals surface area contributed by atoms with Crippen LogP contribution in [0, 0.1) is 11.8 Å². The molecule has 10 heterocycles. The molecule has 11 aromatic carbocycles. The molecule has 4 aliphatic heterocycles. The van der Waals surface area contributed by atoms with Gasteiger partial charge in [-0.15, -0.1) is 68.0 Å². The van der Waals surface area contributed by atoms with E-state index in [1.165, 1.54) is 86.3 Å². The van der Waals surface area contributed by atoms with Gasteiger partial charge in [0.2, 0.25) is 0 Å². The molecule has 0 bridgehead atoms. The van der Waals surface area contributed by atoms with Gasteiger partial charge in [-0.25, -0.2) is 0 Å². The van der Waals surface area contributed by atoms with Crippen molar-refractivity contribution in [2.45, 2.75) is 197 Å². The molecule has 0 fully saturated rings. The molecule has 634 valence electrons. The van der Waals surface area contributed by atoms with E-state index in [0.717, 1.165) is 169 Å². The van der Waals surface area contributed by atoms with Gasteiger partial charge in [-0.05, 0) is 238 Å². The van der Waals surface area contributed by atoms with Gasteiger partial charge < -0.3 is 0 Å². The van der Waals surface area contributed by atoms with E-state index in [1.807, 2.05) is 132 Å².